The highest BCUT2D eigenvalue weighted by Gasteiger charge is 2.24. The van der Waals surface area contributed by atoms with Crippen molar-refractivity contribution in [1.82, 2.24) is 5.32 Å². The van der Waals surface area contributed by atoms with Gasteiger partial charge >= 0.3 is 0 Å². The number of nitrogens with zero attached hydrogens (tertiary/aromatic N) is 1. The van der Waals surface area contributed by atoms with E-state index in [1.807, 2.05) is 25.2 Å². The summed E-state index contributed by atoms with van der Waals surface area (Å²) in [6.07, 6.45) is 0. The number of anilines is 1. The number of benzene rings is 1. The molecule has 1 aliphatic heterocycles. The lowest BCUT2D eigenvalue weighted by molar-refractivity contribution is -0.120. The molecule has 0 saturated carbocycles. The number of fused-ring (bicyclic) bond motifs is 1. The summed E-state index contributed by atoms with van der Waals surface area (Å²) in [5.41, 5.74) is 7.68. The van der Waals surface area contributed by atoms with Crippen LogP contribution in [0.3, 0.4) is 0 Å². The van der Waals surface area contributed by atoms with Gasteiger partial charge in [-0.2, -0.15) is 0 Å². The summed E-state index contributed by atoms with van der Waals surface area (Å²) in [5, 5.41) is 3.28. The minimum Gasteiger partial charge on any atom is -0.482 e. The minimum absolute atomic E-state index is 0.0301. The Balaban J connectivity index is 2.36. The Kier molecular flexibility index (Phi) is 4.07. The predicted molar refractivity (Wildman–Crippen MR) is 75.4 cm³/mol. The van der Waals surface area contributed by atoms with Crippen LogP contribution in [0.25, 0.3) is 0 Å². The van der Waals surface area contributed by atoms with E-state index in [-0.39, 0.29) is 18.6 Å². The van der Waals surface area contributed by atoms with E-state index in [9.17, 15) is 4.79 Å². The quantitative estimate of drug-likeness (QED) is 0.847. The molecule has 0 spiro atoms. The first-order valence-electron chi connectivity index (χ1n) is 6.49. The smallest absolute Gasteiger partial charge is 0.264 e. The van der Waals surface area contributed by atoms with Crippen molar-refractivity contribution in [3.63, 3.8) is 0 Å². The standard InChI is InChI=1S/C14H21N3O2/c1-9(7-15)14(16-2)10-4-5-12-11(6-10)17(3)13(18)8-19-12/h4-6,9,14,16H,7-8,15H2,1-3H3. The van der Waals surface area contributed by atoms with Gasteiger partial charge < -0.3 is 20.7 Å². The van der Waals surface area contributed by atoms with E-state index in [2.05, 4.69) is 12.2 Å². The predicted octanol–water partition coefficient (Wildman–Crippen LogP) is 0.897. The number of hydrogen-bond donors (Lipinski definition) is 2. The van der Waals surface area contributed by atoms with Crippen molar-refractivity contribution in [2.75, 3.05) is 32.1 Å². The lowest BCUT2D eigenvalue weighted by Gasteiger charge is -2.29. The van der Waals surface area contributed by atoms with Crippen LogP contribution in [0.15, 0.2) is 18.2 Å². The van der Waals surface area contributed by atoms with E-state index in [0.717, 1.165) is 17.0 Å². The molecule has 0 saturated heterocycles. The van der Waals surface area contributed by atoms with Crippen molar-refractivity contribution >= 4 is 11.6 Å². The number of rotatable bonds is 4. The zero-order valence-corrected chi connectivity index (χ0v) is 11.6. The molecule has 5 nitrogen and oxygen atoms in total. The van der Waals surface area contributed by atoms with Crippen molar-refractivity contribution in [2.45, 2.75) is 13.0 Å². The third-order valence-electron chi connectivity index (χ3n) is 3.68. The van der Waals surface area contributed by atoms with Gasteiger partial charge in [-0.3, -0.25) is 4.79 Å². The first kappa shape index (κ1) is 13.8. The van der Waals surface area contributed by atoms with Gasteiger partial charge in [-0.05, 0) is 37.2 Å². The summed E-state index contributed by atoms with van der Waals surface area (Å²) in [7, 11) is 3.69. The number of nitrogens with one attached hydrogen (secondary N) is 1. The van der Waals surface area contributed by atoms with Gasteiger partial charge in [0.05, 0.1) is 5.69 Å². The second kappa shape index (κ2) is 5.59. The lowest BCUT2D eigenvalue weighted by atomic mass is 9.94. The topological polar surface area (TPSA) is 67.6 Å². The van der Waals surface area contributed by atoms with Crippen LogP contribution in [0.2, 0.25) is 0 Å². The Bertz CT molecular complexity index is 476. The zero-order valence-electron chi connectivity index (χ0n) is 11.6. The van der Waals surface area contributed by atoms with Gasteiger partial charge in [0.15, 0.2) is 6.61 Å². The molecule has 19 heavy (non-hydrogen) atoms. The van der Waals surface area contributed by atoms with Crippen molar-refractivity contribution in [3.05, 3.63) is 23.8 Å². The summed E-state index contributed by atoms with van der Waals surface area (Å²) in [6.45, 7) is 2.82. The van der Waals surface area contributed by atoms with E-state index in [4.69, 9.17) is 10.5 Å². The van der Waals surface area contributed by atoms with E-state index in [1.54, 1.807) is 11.9 Å². The molecule has 1 heterocycles. The van der Waals surface area contributed by atoms with Crippen LogP contribution in [0, 0.1) is 5.92 Å². The summed E-state index contributed by atoms with van der Waals surface area (Å²) in [5.74, 6) is 1.03. The molecule has 0 aromatic heterocycles. The molecule has 5 heteroatoms. The SMILES string of the molecule is CNC(c1ccc2c(c1)N(C)C(=O)CO2)C(C)CN. The maximum atomic E-state index is 11.7. The molecule has 1 amide bonds. The van der Waals surface area contributed by atoms with Crippen LogP contribution in [0.4, 0.5) is 5.69 Å². The second-order valence-corrected chi connectivity index (χ2v) is 4.95. The van der Waals surface area contributed by atoms with Gasteiger partial charge in [-0.15, -0.1) is 0 Å². The fourth-order valence-corrected chi connectivity index (χ4v) is 2.40. The van der Waals surface area contributed by atoms with Crippen molar-refractivity contribution in [2.24, 2.45) is 11.7 Å². The maximum Gasteiger partial charge on any atom is 0.264 e. The van der Waals surface area contributed by atoms with Crippen LogP contribution < -0.4 is 20.7 Å². The van der Waals surface area contributed by atoms with Gasteiger partial charge in [-0.1, -0.05) is 13.0 Å². The van der Waals surface area contributed by atoms with Crippen LogP contribution >= 0.6 is 0 Å². The number of ether oxygens (including phenoxy) is 1. The highest BCUT2D eigenvalue weighted by molar-refractivity contribution is 5.97. The first-order valence-corrected chi connectivity index (χ1v) is 6.49. The van der Waals surface area contributed by atoms with Crippen LogP contribution in [-0.2, 0) is 4.79 Å². The molecular formula is C14H21N3O2. The molecule has 0 radical (unpaired) electrons. The van der Waals surface area contributed by atoms with Gasteiger partial charge in [0.1, 0.15) is 5.75 Å². The average molecular weight is 263 g/mol. The molecule has 0 bridgehead atoms. The number of nitrogens with two attached hydrogens (primary N) is 1. The van der Waals surface area contributed by atoms with E-state index < -0.39 is 0 Å². The normalized spacial score (nSPS) is 17.7. The molecule has 0 fully saturated rings. The molecule has 1 aliphatic rings. The third kappa shape index (κ3) is 2.57. The van der Waals surface area contributed by atoms with Gasteiger partial charge in [0.25, 0.3) is 5.91 Å². The van der Waals surface area contributed by atoms with Gasteiger partial charge in [-0.25, -0.2) is 0 Å². The lowest BCUT2D eigenvalue weighted by Crippen LogP contribution is -2.36. The fraction of sp³-hybridized carbons (Fsp3) is 0.500. The molecular weight excluding hydrogens is 242 g/mol. The molecule has 2 rings (SSSR count). The van der Waals surface area contributed by atoms with Crippen molar-refractivity contribution in [3.8, 4) is 5.75 Å². The molecule has 3 N–H and O–H groups in total. The largest absolute Gasteiger partial charge is 0.482 e. The van der Waals surface area contributed by atoms with E-state index in [1.165, 1.54) is 0 Å². The Morgan fingerprint density at radius 1 is 1.53 bits per heavy atom. The third-order valence-corrected chi connectivity index (χ3v) is 3.68. The summed E-state index contributed by atoms with van der Waals surface area (Å²) in [6, 6.07) is 6.11. The number of amides is 1. The number of carbonyl (C=O) groups is 1. The van der Waals surface area contributed by atoms with E-state index in [0.29, 0.717) is 12.5 Å². The average Bonchev–Trinajstić information content (AvgIpc) is 2.44. The molecule has 1 aromatic rings. The van der Waals surface area contributed by atoms with Crippen molar-refractivity contribution < 1.29 is 9.53 Å². The summed E-state index contributed by atoms with van der Waals surface area (Å²) in [4.78, 5) is 13.3. The van der Waals surface area contributed by atoms with Crippen molar-refractivity contribution in [1.29, 1.82) is 0 Å². The van der Waals surface area contributed by atoms with Crippen LogP contribution in [-0.4, -0.2) is 33.2 Å². The Morgan fingerprint density at radius 3 is 2.89 bits per heavy atom. The molecule has 2 atom stereocenters. The van der Waals surface area contributed by atoms with Gasteiger partial charge in [0.2, 0.25) is 0 Å². The molecule has 1 aromatic carbocycles. The minimum atomic E-state index is -0.0301. The zero-order chi connectivity index (χ0) is 14.0. The second-order valence-electron chi connectivity index (χ2n) is 4.95. The highest BCUT2D eigenvalue weighted by Crippen LogP contribution is 2.34. The molecule has 104 valence electrons. The highest BCUT2D eigenvalue weighted by atomic mass is 16.5. The van der Waals surface area contributed by atoms with Crippen LogP contribution in [0.1, 0.15) is 18.5 Å². The van der Waals surface area contributed by atoms with E-state index >= 15 is 0 Å². The number of likely N-dealkylation sites (N-methyl/N-ethyl adjacent to an activating group) is 1. The Morgan fingerprint density at radius 2 is 2.26 bits per heavy atom. The summed E-state index contributed by atoms with van der Waals surface area (Å²) < 4.78 is 5.43. The van der Waals surface area contributed by atoms with Crippen LogP contribution in [0.5, 0.6) is 5.75 Å². The summed E-state index contributed by atoms with van der Waals surface area (Å²) >= 11 is 0. The molecule has 0 aliphatic carbocycles. The maximum absolute atomic E-state index is 11.7. The fourth-order valence-electron chi connectivity index (χ4n) is 2.40. The first-order chi connectivity index (χ1) is 9.08. The Hall–Kier alpha value is -1.59. The number of carbonyl (C=O) groups excluding carboxylic acids is 1. The molecule has 2 unspecified atom stereocenters. The van der Waals surface area contributed by atoms with Gasteiger partial charge in [0, 0.05) is 13.1 Å². The Labute approximate surface area is 113 Å². The number of hydrogen-bond acceptors (Lipinski definition) is 4. The monoisotopic (exact) mass is 263 g/mol.